The molecular formula is C18H21NO2. The minimum Gasteiger partial charge on any atom is -0.496 e. The molecule has 0 amide bonds. The third-order valence-corrected chi connectivity index (χ3v) is 3.79. The van der Waals surface area contributed by atoms with Gasteiger partial charge in [0.25, 0.3) is 0 Å². The van der Waals surface area contributed by atoms with Crippen molar-refractivity contribution in [2.75, 3.05) is 7.11 Å². The molecule has 110 valence electrons. The first-order chi connectivity index (χ1) is 10.2. The van der Waals surface area contributed by atoms with Crippen LogP contribution >= 0.6 is 0 Å². The smallest absolute Gasteiger partial charge is 0.124 e. The Bertz CT molecular complexity index is 618. The van der Waals surface area contributed by atoms with Gasteiger partial charge in [-0.05, 0) is 49.1 Å². The lowest BCUT2D eigenvalue weighted by Crippen LogP contribution is -2.13. The van der Waals surface area contributed by atoms with Crippen molar-refractivity contribution < 1.29 is 9.47 Å². The minimum absolute atomic E-state index is 0.199. The second-order valence-electron chi connectivity index (χ2n) is 5.61. The molecule has 0 spiro atoms. The number of methoxy groups -OCH3 is 1. The van der Waals surface area contributed by atoms with Crippen molar-refractivity contribution >= 4 is 0 Å². The number of benzene rings is 2. The molecule has 0 radical (unpaired) electrons. The van der Waals surface area contributed by atoms with Crippen LogP contribution in [0.5, 0.6) is 11.5 Å². The van der Waals surface area contributed by atoms with Gasteiger partial charge in [0.15, 0.2) is 0 Å². The molecule has 1 fully saturated rings. The highest BCUT2D eigenvalue weighted by Crippen LogP contribution is 2.31. The maximum atomic E-state index is 6.39. The zero-order chi connectivity index (χ0) is 14.8. The predicted octanol–water partition coefficient (Wildman–Crippen LogP) is 3.59. The fraction of sp³-hybridized carbons (Fsp3) is 0.333. The van der Waals surface area contributed by atoms with Crippen molar-refractivity contribution in [2.24, 2.45) is 5.73 Å². The zero-order valence-electron chi connectivity index (χ0n) is 12.5. The zero-order valence-corrected chi connectivity index (χ0v) is 12.5. The fourth-order valence-corrected chi connectivity index (χ4v) is 2.39. The van der Waals surface area contributed by atoms with Gasteiger partial charge in [-0.3, -0.25) is 0 Å². The van der Waals surface area contributed by atoms with Crippen molar-refractivity contribution in [3.05, 3.63) is 59.2 Å². The standard InChI is InChI=1S/C18H21NO2/c1-12-3-10-16(17(11-12)20-2)18(19)13-4-6-14(7-5-13)21-15-8-9-15/h3-7,10-11,15,18H,8-9,19H2,1-2H3. The Labute approximate surface area is 125 Å². The maximum Gasteiger partial charge on any atom is 0.124 e. The van der Waals surface area contributed by atoms with Gasteiger partial charge in [0.2, 0.25) is 0 Å². The lowest BCUT2D eigenvalue weighted by molar-refractivity contribution is 0.303. The molecule has 0 saturated heterocycles. The summed E-state index contributed by atoms with van der Waals surface area (Å²) in [7, 11) is 1.68. The molecule has 3 nitrogen and oxygen atoms in total. The number of ether oxygens (including phenoxy) is 2. The van der Waals surface area contributed by atoms with Crippen LogP contribution in [0, 0.1) is 6.92 Å². The second-order valence-corrected chi connectivity index (χ2v) is 5.61. The SMILES string of the molecule is COc1cc(C)ccc1C(N)c1ccc(OC2CC2)cc1. The summed E-state index contributed by atoms with van der Waals surface area (Å²) < 4.78 is 11.2. The van der Waals surface area contributed by atoms with Crippen LogP contribution in [0.25, 0.3) is 0 Å². The van der Waals surface area contributed by atoms with E-state index < -0.39 is 0 Å². The quantitative estimate of drug-likeness (QED) is 0.912. The summed E-state index contributed by atoms with van der Waals surface area (Å²) in [6.07, 6.45) is 2.76. The predicted molar refractivity (Wildman–Crippen MR) is 83.9 cm³/mol. The largest absolute Gasteiger partial charge is 0.496 e. The van der Waals surface area contributed by atoms with Crippen LogP contribution in [0.1, 0.15) is 35.6 Å². The first-order valence-electron chi connectivity index (χ1n) is 7.34. The highest BCUT2D eigenvalue weighted by Gasteiger charge is 2.23. The Hall–Kier alpha value is -2.00. The Kier molecular flexibility index (Phi) is 3.84. The monoisotopic (exact) mass is 283 g/mol. The molecule has 1 saturated carbocycles. The van der Waals surface area contributed by atoms with Gasteiger partial charge < -0.3 is 15.2 Å². The van der Waals surface area contributed by atoms with Gasteiger partial charge in [0.1, 0.15) is 11.5 Å². The van der Waals surface area contributed by atoms with Crippen molar-refractivity contribution in [3.8, 4) is 11.5 Å². The first kappa shape index (κ1) is 14.0. The molecule has 1 aliphatic carbocycles. The van der Waals surface area contributed by atoms with E-state index in [4.69, 9.17) is 15.2 Å². The maximum absolute atomic E-state index is 6.39. The molecule has 3 heteroatoms. The molecule has 0 heterocycles. The lowest BCUT2D eigenvalue weighted by atomic mass is 9.97. The van der Waals surface area contributed by atoms with Crippen LogP contribution in [0.15, 0.2) is 42.5 Å². The number of hydrogen-bond acceptors (Lipinski definition) is 3. The number of aryl methyl sites for hydroxylation is 1. The summed E-state index contributed by atoms with van der Waals surface area (Å²) in [6, 6.07) is 14.0. The molecule has 21 heavy (non-hydrogen) atoms. The van der Waals surface area contributed by atoms with E-state index in [-0.39, 0.29) is 6.04 Å². The molecular weight excluding hydrogens is 262 g/mol. The van der Waals surface area contributed by atoms with Crippen molar-refractivity contribution in [1.82, 2.24) is 0 Å². The van der Waals surface area contributed by atoms with E-state index in [1.165, 1.54) is 12.8 Å². The number of nitrogens with two attached hydrogens (primary N) is 1. The fourth-order valence-electron chi connectivity index (χ4n) is 2.39. The van der Waals surface area contributed by atoms with Crippen LogP contribution in [0.2, 0.25) is 0 Å². The molecule has 2 N–H and O–H groups in total. The Morgan fingerprint density at radius 3 is 2.43 bits per heavy atom. The average molecular weight is 283 g/mol. The summed E-state index contributed by atoms with van der Waals surface area (Å²) in [5, 5.41) is 0. The molecule has 3 rings (SSSR count). The van der Waals surface area contributed by atoms with Crippen LogP contribution in [-0.4, -0.2) is 13.2 Å². The molecule has 0 bridgehead atoms. The van der Waals surface area contributed by atoms with Crippen LogP contribution in [0.3, 0.4) is 0 Å². The Morgan fingerprint density at radius 1 is 1.10 bits per heavy atom. The summed E-state index contributed by atoms with van der Waals surface area (Å²) in [4.78, 5) is 0. The van der Waals surface area contributed by atoms with Gasteiger partial charge in [-0.15, -0.1) is 0 Å². The van der Waals surface area contributed by atoms with Crippen LogP contribution < -0.4 is 15.2 Å². The van der Waals surface area contributed by atoms with E-state index in [0.717, 1.165) is 28.2 Å². The van der Waals surface area contributed by atoms with Gasteiger partial charge in [-0.25, -0.2) is 0 Å². The van der Waals surface area contributed by atoms with Crippen LogP contribution in [0.4, 0.5) is 0 Å². The van der Waals surface area contributed by atoms with Crippen molar-refractivity contribution in [2.45, 2.75) is 31.9 Å². The summed E-state index contributed by atoms with van der Waals surface area (Å²) in [6.45, 7) is 2.04. The average Bonchev–Trinajstić information content (AvgIpc) is 3.31. The van der Waals surface area contributed by atoms with E-state index in [0.29, 0.717) is 6.10 Å². The molecule has 2 aromatic rings. The van der Waals surface area contributed by atoms with Crippen molar-refractivity contribution in [1.29, 1.82) is 0 Å². The second kappa shape index (κ2) is 5.78. The highest BCUT2D eigenvalue weighted by molar-refractivity contribution is 5.44. The summed E-state index contributed by atoms with van der Waals surface area (Å²) >= 11 is 0. The van der Waals surface area contributed by atoms with E-state index in [1.54, 1.807) is 7.11 Å². The first-order valence-corrected chi connectivity index (χ1v) is 7.34. The lowest BCUT2D eigenvalue weighted by Gasteiger charge is -2.17. The van der Waals surface area contributed by atoms with E-state index >= 15 is 0 Å². The van der Waals surface area contributed by atoms with Gasteiger partial charge in [0, 0.05) is 5.56 Å². The number of rotatable bonds is 5. The highest BCUT2D eigenvalue weighted by atomic mass is 16.5. The Balaban J connectivity index is 1.81. The number of hydrogen-bond donors (Lipinski definition) is 1. The molecule has 2 aromatic carbocycles. The summed E-state index contributed by atoms with van der Waals surface area (Å²) in [5.74, 6) is 1.75. The van der Waals surface area contributed by atoms with Gasteiger partial charge >= 0.3 is 0 Å². The van der Waals surface area contributed by atoms with Crippen LogP contribution in [-0.2, 0) is 0 Å². The molecule has 1 atom stereocenters. The van der Waals surface area contributed by atoms with E-state index in [9.17, 15) is 0 Å². The third-order valence-electron chi connectivity index (χ3n) is 3.79. The minimum atomic E-state index is -0.199. The van der Waals surface area contributed by atoms with E-state index in [1.807, 2.05) is 43.3 Å². The molecule has 1 unspecified atom stereocenters. The Morgan fingerprint density at radius 2 is 1.81 bits per heavy atom. The van der Waals surface area contributed by atoms with E-state index in [2.05, 4.69) is 6.07 Å². The third kappa shape index (κ3) is 3.19. The molecule has 0 aliphatic heterocycles. The summed E-state index contributed by atoms with van der Waals surface area (Å²) in [5.41, 5.74) is 9.60. The van der Waals surface area contributed by atoms with Crippen molar-refractivity contribution in [3.63, 3.8) is 0 Å². The topological polar surface area (TPSA) is 44.5 Å². The van der Waals surface area contributed by atoms with Gasteiger partial charge in [0.05, 0.1) is 19.3 Å². The normalized spacial score (nSPS) is 15.6. The molecule has 1 aliphatic rings. The van der Waals surface area contributed by atoms with Gasteiger partial charge in [-0.2, -0.15) is 0 Å². The molecule has 0 aromatic heterocycles. The van der Waals surface area contributed by atoms with Gasteiger partial charge in [-0.1, -0.05) is 24.3 Å².